The predicted octanol–water partition coefficient (Wildman–Crippen LogP) is 5.90. The lowest BCUT2D eigenvalue weighted by molar-refractivity contribution is 0.0698. The summed E-state index contributed by atoms with van der Waals surface area (Å²) in [6.45, 7) is 4.83. The first-order valence-electron chi connectivity index (χ1n) is 11.9. The number of carbonyl (C=O) groups is 1. The standard InChI is InChI=1S/C18H20N2O.C7H8N2O2.C2H6/c1-20(18-9-7-15(12-19-18)13-4-5-13)16-8-6-14-3-2-10-21-17(14)11-16;1-8-6-4-9-3-2-5(6)7(10)11;1-2/h6-9,11-13H,2-5,10H2,1H3;2-4,8H,1H3,(H,10,11);1-2H3. The van der Waals surface area contributed by atoms with Crippen LogP contribution in [0, 0.1) is 0 Å². The van der Waals surface area contributed by atoms with Gasteiger partial charge in [0.05, 0.1) is 24.1 Å². The highest BCUT2D eigenvalue weighted by Gasteiger charge is 2.23. The molecule has 3 heterocycles. The molecule has 1 aliphatic heterocycles. The molecule has 180 valence electrons. The van der Waals surface area contributed by atoms with Gasteiger partial charge in [-0.3, -0.25) is 4.98 Å². The summed E-state index contributed by atoms with van der Waals surface area (Å²) >= 11 is 0. The van der Waals surface area contributed by atoms with E-state index in [0.29, 0.717) is 5.69 Å². The number of benzene rings is 1. The minimum Gasteiger partial charge on any atom is -0.493 e. The zero-order chi connectivity index (χ0) is 24.5. The summed E-state index contributed by atoms with van der Waals surface area (Å²) in [5.41, 5.74) is 4.58. The third-order valence-electron chi connectivity index (χ3n) is 5.77. The summed E-state index contributed by atoms with van der Waals surface area (Å²) in [5.74, 6) is 1.82. The number of hydrogen-bond acceptors (Lipinski definition) is 6. The zero-order valence-corrected chi connectivity index (χ0v) is 20.4. The molecule has 0 saturated heterocycles. The van der Waals surface area contributed by atoms with Gasteiger partial charge in [0, 0.05) is 38.2 Å². The van der Waals surface area contributed by atoms with E-state index in [4.69, 9.17) is 9.84 Å². The van der Waals surface area contributed by atoms with Crippen LogP contribution in [-0.2, 0) is 6.42 Å². The number of ether oxygens (including phenoxy) is 1. The lowest BCUT2D eigenvalue weighted by Crippen LogP contribution is -2.13. The van der Waals surface area contributed by atoms with Crippen molar-refractivity contribution in [2.75, 3.05) is 30.9 Å². The molecular formula is C27H34N4O3. The summed E-state index contributed by atoms with van der Waals surface area (Å²) in [6.07, 6.45) is 9.82. The summed E-state index contributed by atoms with van der Waals surface area (Å²) in [6, 6.07) is 12.3. The first-order valence-corrected chi connectivity index (χ1v) is 11.9. The van der Waals surface area contributed by atoms with Crippen molar-refractivity contribution in [1.82, 2.24) is 9.97 Å². The van der Waals surface area contributed by atoms with Crippen LogP contribution in [0.5, 0.6) is 5.75 Å². The largest absolute Gasteiger partial charge is 0.493 e. The Morgan fingerprint density at radius 2 is 1.94 bits per heavy atom. The van der Waals surface area contributed by atoms with E-state index in [1.54, 1.807) is 7.05 Å². The first kappa shape index (κ1) is 25.0. The summed E-state index contributed by atoms with van der Waals surface area (Å²) in [7, 11) is 3.72. The first-order chi connectivity index (χ1) is 16.6. The van der Waals surface area contributed by atoms with E-state index in [1.807, 2.05) is 20.0 Å². The SMILES string of the molecule is CC.CN(c1ccc2c(c1)OCCC2)c1ccc(C2CC2)cn1.CNc1cnccc1C(=O)O. The highest BCUT2D eigenvalue weighted by molar-refractivity contribution is 5.93. The van der Waals surface area contributed by atoms with Crippen molar-refractivity contribution in [3.05, 3.63) is 71.7 Å². The van der Waals surface area contributed by atoms with E-state index in [9.17, 15) is 4.79 Å². The Kier molecular flexibility index (Phi) is 8.85. The maximum Gasteiger partial charge on any atom is 0.337 e. The van der Waals surface area contributed by atoms with Crippen LogP contribution in [-0.4, -0.2) is 41.7 Å². The molecular weight excluding hydrogens is 428 g/mol. The number of aryl methyl sites for hydroxylation is 1. The number of nitrogens with zero attached hydrogens (tertiary/aromatic N) is 3. The van der Waals surface area contributed by atoms with Gasteiger partial charge in [0.2, 0.25) is 0 Å². The number of aromatic carboxylic acids is 1. The molecule has 0 bridgehead atoms. The number of rotatable bonds is 5. The van der Waals surface area contributed by atoms with Gasteiger partial charge in [-0.05, 0) is 60.9 Å². The molecule has 1 aromatic carbocycles. The van der Waals surface area contributed by atoms with E-state index in [2.05, 4.69) is 57.6 Å². The van der Waals surface area contributed by atoms with Crippen LogP contribution in [0.3, 0.4) is 0 Å². The van der Waals surface area contributed by atoms with Gasteiger partial charge in [-0.15, -0.1) is 0 Å². The van der Waals surface area contributed by atoms with Crippen LogP contribution in [0.25, 0.3) is 0 Å². The molecule has 2 aromatic heterocycles. The predicted molar refractivity (Wildman–Crippen MR) is 137 cm³/mol. The Hall–Kier alpha value is -3.61. The molecule has 1 fully saturated rings. The third-order valence-corrected chi connectivity index (χ3v) is 5.77. The van der Waals surface area contributed by atoms with E-state index in [-0.39, 0.29) is 5.56 Å². The van der Waals surface area contributed by atoms with Crippen molar-refractivity contribution < 1.29 is 14.6 Å². The second-order valence-electron chi connectivity index (χ2n) is 8.00. The molecule has 0 radical (unpaired) electrons. The van der Waals surface area contributed by atoms with Crippen molar-refractivity contribution in [1.29, 1.82) is 0 Å². The topological polar surface area (TPSA) is 87.6 Å². The van der Waals surface area contributed by atoms with Gasteiger partial charge >= 0.3 is 5.97 Å². The molecule has 34 heavy (non-hydrogen) atoms. The number of hydrogen-bond donors (Lipinski definition) is 2. The Balaban J connectivity index is 0.000000212. The monoisotopic (exact) mass is 462 g/mol. The summed E-state index contributed by atoms with van der Waals surface area (Å²) in [4.78, 5) is 21.0. The Labute approximate surface area is 201 Å². The van der Waals surface area contributed by atoms with Gasteiger partial charge in [0.1, 0.15) is 11.6 Å². The Bertz CT molecular complexity index is 1080. The van der Waals surface area contributed by atoms with Crippen LogP contribution in [0.1, 0.15) is 60.5 Å². The molecule has 0 amide bonds. The van der Waals surface area contributed by atoms with Crippen molar-refractivity contribution in [3.8, 4) is 5.75 Å². The highest BCUT2D eigenvalue weighted by Crippen LogP contribution is 2.40. The lowest BCUT2D eigenvalue weighted by Gasteiger charge is -2.22. The molecule has 7 nitrogen and oxygen atoms in total. The van der Waals surface area contributed by atoms with E-state index in [1.165, 1.54) is 42.4 Å². The second kappa shape index (κ2) is 12.0. The average molecular weight is 463 g/mol. The van der Waals surface area contributed by atoms with E-state index in [0.717, 1.165) is 42.6 Å². The molecule has 5 rings (SSSR count). The molecule has 2 N–H and O–H groups in total. The van der Waals surface area contributed by atoms with Gasteiger partial charge in [-0.2, -0.15) is 0 Å². The van der Waals surface area contributed by atoms with Crippen LogP contribution in [0.4, 0.5) is 17.2 Å². The van der Waals surface area contributed by atoms with Gasteiger partial charge in [0.25, 0.3) is 0 Å². The van der Waals surface area contributed by atoms with Gasteiger partial charge in [-0.25, -0.2) is 9.78 Å². The fourth-order valence-corrected chi connectivity index (χ4v) is 3.70. The Morgan fingerprint density at radius 3 is 2.56 bits per heavy atom. The molecule has 2 aliphatic rings. The van der Waals surface area contributed by atoms with Crippen LogP contribution in [0.2, 0.25) is 0 Å². The molecule has 1 aliphatic carbocycles. The number of carboxylic acids is 1. The maximum absolute atomic E-state index is 10.5. The minimum atomic E-state index is -0.947. The average Bonchev–Trinajstić information content (AvgIpc) is 3.75. The number of nitrogens with one attached hydrogen (secondary N) is 1. The summed E-state index contributed by atoms with van der Waals surface area (Å²) in [5, 5.41) is 11.4. The van der Waals surface area contributed by atoms with Gasteiger partial charge in [-0.1, -0.05) is 26.0 Å². The van der Waals surface area contributed by atoms with Crippen molar-refractivity contribution in [2.24, 2.45) is 0 Å². The van der Waals surface area contributed by atoms with Gasteiger partial charge < -0.3 is 20.1 Å². The quantitative estimate of drug-likeness (QED) is 0.488. The van der Waals surface area contributed by atoms with Gasteiger partial charge in [0.15, 0.2) is 0 Å². The molecule has 0 spiro atoms. The fourth-order valence-electron chi connectivity index (χ4n) is 3.70. The van der Waals surface area contributed by atoms with Crippen molar-refractivity contribution in [3.63, 3.8) is 0 Å². The highest BCUT2D eigenvalue weighted by atomic mass is 16.5. The molecule has 0 atom stereocenters. The zero-order valence-electron chi connectivity index (χ0n) is 20.4. The molecule has 7 heteroatoms. The number of anilines is 3. The van der Waals surface area contributed by atoms with Crippen molar-refractivity contribution >= 4 is 23.2 Å². The number of carboxylic acid groups (broad SMARTS) is 1. The smallest absolute Gasteiger partial charge is 0.337 e. The van der Waals surface area contributed by atoms with Crippen molar-refractivity contribution in [2.45, 2.75) is 45.4 Å². The molecule has 3 aromatic rings. The minimum absolute atomic E-state index is 0.238. The summed E-state index contributed by atoms with van der Waals surface area (Å²) < 4.78 is 5.76. The molecule has 1 saturated carbocycles. The number of fused-ring (bicyclic) bond motifs is 1. The van der Waals surface area contributed by atoms with E-state index >= 15 is 0 Å². The number of aromatic nitrogens is 2. The lowest BCUT2D eigenvalue weighted by atomic mass is 10.1. The maximum atomic E-state index is 10.5. The normalized spacial score (nSPS) is 13.6. The third kappa shape index (κ3) is 6.25. The fraction of sp³-hybridized carbons (Fsp3) is 0.370. The number of pyridine rings is 2. The van der Waals surface area contributed by atoms with Crippen LogP contribution >= 0.6 is 0 Å². The Morgan fingerprint density at radius 1 is 1.15 bits per heavy atom. The second-order valence-corrected chi connectivity index (χ2v) is 8.00. The molecule has 0 unspecified atom stereocenters. The van der Waals surface area contributed by atoms with Crippen LogP contribution in [0.15, 0.2) is 55.0 Å². The van der Waals surface area contributed by atoms with Crippen LogP contribution < -0.4 is 15.0 Å². The van der Waals surface area contributed by atoms with E-state index < -0.39 is 5.97 Å².